The minimum atomic E-state index is -4.33. The van der Waals surface area contributed by atoms with Crippen LogP contribution in [0.1, 0.15) is 92.6 Å². The maximum Gasteiger partial charge on any atom is 0.303 e. The van der Waals surface area contributed by atoms with Crippen molar-refractivity contribution in [3.05, 3.63) is 131 Å². The van der Waals surface area contributed by atoms with Crippen LogP contribution in [0.15, 0.2) is 109 Å². The van der Waals surface area contributed by atoms with Crippen molar-refractivity contribution in [1.29, 1.82) is 0 Å². The molecular formula is C55H62N6O11S2. The van der Waals surface area contributed by atoms with Gasteiger partial charge in [0.15, 0.2) is 0 Å². The van der Waals surface area contributed by atoms with Crippen LogP contribution in [0.5, 0.6) is 0 Å². The number of fused-ring (bicyclic) bond motifs is 3. The number of carboxylic acids is 1. The zero-order chi connectivity index (χ0) is 53.3. The lowest BCUT2D eigenvalue weighted by Crippen LogP contribution is -2.59. The topological polar surface area (TPSA) is 257 Å². The van der Waals surface area contributed by atoms with E-state index in [1.165, 1.54) is 28.4 Å². The normalized spacial score (nSPS) is 15.5. The predicted molar refractivity (Wildman–Crippen MR) is 284 cm³/mol. The van der Waals surface area contributed by atoms with Crippen LogP contribution in [0.4, 0.5) is 0 Å². The third-order valence-electron chi connectivity index (χ3n) is 12.8. The number of likely N-dealkylation sites (tertiary alicyclic amines) is 1. The molecule has 1 aliphatic rings. The second-order valence-corrected chi connectivity index (χ2v) is 22.4. The van der Waals surface area contributed by atoms with Crippen molar-refractivity contribution in [2.75, 3.05) is 6.54 Å². The minimum Gasteiger partial charge on any atom is -0.481 e. The van der Waals surface area contributed by atoms with Gasteiger partial charge in [-0.25, -0.2) is 0 Å². The van der Waals surface area contributed by atoms with Gasteiger partial charge in [0.05, 0.1) is 5.56 Å². The van der Waals surface area contributed by atoms with Crippen LogP contribution in [0.25, 0.3) is 31.6 Å². The molecule has 0 aliphatic carbocycles. The molecule has 390 valence electrons. The minimum absolute atomic E-state index is 0.0174. The van der Waals surface area contributed by atoms with Crippen LogP contribution in [0, 0.1) is 0 Å². The molecule has 2 heterocycles. The molecule has 0 bridgehead atoms. The molecule has 1 aliphatic heterocycles. The first kappa shape index (κ1) is 54.6. The highest BCUT2D eigenvalue weighted by molar-refractivity contribution is 7.85. The first-order valence-corrected chi connectivity index (χ1v) is 27.1. The molecule has 6 aromatic rings. The first-order valence-electron chi connectivity index (χ1n) is 24.6. The summed E-state index contributed by atoms with van der Waals surface area (Å²) in [5.74, 6) is -5.51. The fourth-order valence-electron chi connectivity index (χ4n) is 9.32. The van der Waals surface area contributed by atoms with Gasteiger partial charge in [-0.1, -0.05) is 104 Å². The average molecular weight is 1050 g/mol. The van der Waals surface area contributed by atoms with E-state index < -0.39 is 99.5 Å². The van der Waals surface area contributed by atoms with Gasteiger partial charge >= 0.3 is 5.97 Å². The smallest absolute Gasteiger partial charge is 0.303 e. The van der Waals surface area contributed by atoms with Crippen molar-refractivity contribution in [2.45, 2.75) is 121 Å². The number of benzene rings is 5. The molecule has 7 N–H and O–H groups in total. The number of hydrogen-bond donors (Lipinski definition) is 7. The van der Waals surface area contributed by atoms with Crippen LogP contribution in [-0.4, -0.2) is 107 Å². The number of hydrogen-bond acceptors (Lipinski definition) is 10. The summed E-state index contributed by atoms with van der Waals surface area (Å²) in [5.41, 5.74) is 0.484. The highest BCUT2D eigenvalue weighted by atomic mass is 32.2. The van der Waals surface area contributed by atoms with Gasteiger partial charge in [-0.15, -0.1) is 11.3 Å². The molecule has 0 unspecified atom stereocenters. The highest BCUT2D eigenvalue weighted by Crippen LogP contribution is 2.30. The Morgan fingerprint density at radius 2 is 1.27 bits per heavy atom. The van der Waals surface area contributed by atoms with E-state index in [0.717, 1.165) is 25.7 Å². The fourth-order valence-corrected chi connectivity index (χ4v) is 11.0. The van der Waals surface area contributed by atoms with E-state index in [-0.39, 0.29) is 38.6 Å². The summed E-state index contributed by atoms with van der Waals surface area (Å²) in [4.78, 5) is 100.0. The molecule has 7 rings (SSSR count). The van der Waals surface area contributed by atoms with Gasteiger partial charge in [0, 0.05) is 40.9 Å². The average Bonchev–Trinajstić information content (AvgIpc) is 4.01. The van der Waals surface area contributed by atoms with E-state index in [1.54, 1.807) is 32.9 Å². The van der Waals surface area contributed by atoms with Crippen molar-refractivity contribution < 1.29 is 51.6 Å². The zero-order valence-electron chi connectivity index (χ0n) is 41.7. The van der Waals surface area contributed by atoms with Gasteiger partial charge in [0.25, 0.3) is 16.0 Å². The Bertz CT molecular complexity index is 3100. The molecule has 5 aromatic carbocycles. The number of carbonyl (C=O) groups is 7. The largest absolute Gasteiger partial charge is 0.481 e. The molecule has 0 radical (unpaired) electrons. The second kappa shape index (κ2) is 23.8. The Morgan fingerprint density at radius 1 is 0.689 bits per heavy atom. The molecule has 19 heteroatoms. The van der Waals surface area contributed by atoms with E-state index in [4.69, 9.17) is 0 Å². The number of aliphatic carboxylic acids is 1. The standard InChI is InChI=1S/C55H62N6O11S2/c1-5-13-42(57-49(64)43(28-33-21-23-34(24-22-33)32-74(70,71)72)59-53(68)48-39-17-9-6-14-35(39)29-36-15-7-10-18-40(36)48)54(69)61-27-12-19-45(61)52(67)58-44(31-38-30-37-16-8-11-20-46(37)73-38)50(65)56-41(25-26-47(62)63)51(66)60-55(2,3)4/h6-11,14-18,20-24,29-30,41-45H,5,12-13,19,25-28,31-32H2,1-4H3,(H,56,65)(H,57,64)(H,58,67)(H,59,68)(H,60,66)(H,62,63)(H,70,71,72)/t41-,42-,43-,44-,45-/m0/s1. The van der Waals surface area contributed by atoms with E-state index >= 15 is 0 Å². The van der Waals surface area contributed by atoms with Gasteiger partial charge in [-0.05, 0) is 103 Å². The molecule has 6 amide bonds. The number of rotatable bonds is 21. The van der Waals surface area contributed by atoms with Crippen LogP contribution >= 0.6 is 11.3 Å². The summed E-state index contributed by atoms with van der Waals surface area (Å²) in [6.45, 7) is 7.25. The van der Waals surface area contributed by atoms with Crippen LogP contribution in [-0.2, 0) is 57.5 Å². The monoisotopic (exact) mass is 1050 g/mol. The fraction of sp³-hybridized carbons (Fsp3) is 0.364. The van der Waals surface area contributed by atoms with Crippen molar-refractivity contribution in [3.63, 3.8) is 0 Å². The summed E-state index contributed by atoms with van der Waals surface area (Å²) < 4.78 is 33.6. The lowest BCUT2D eigenvalue weighted by Gasteiger charge is -2.31. The third-order valence-corrected chi connectivity index (χ3v) is 14.6. The van der Waals surface area contributed by atoms with Gasteiger partial charge in [-0.3, -0.25) is 38.1 Å². The Kier molecular flexibility index (Phi) is 17.5. The molecule has 74 heavy (non-hydrogen) atoms. The maximum atomic E-state index is 14.7. The van der Waals surface area contributed by atoms with Crippen LogP contribution < -0.4 is 26.6 Å². The Morgan fingerprint density at radius 3 is 1.86 bits per heavy atom. The van der Waals surface area contributed by atoms with Crippen molar-refractivity contribution in [1.82, 2.24) is 31.5 Å². The maximum absolute atomic E-state index is 14.7. The molecule has 0 spiro atoms. The Labute approximate surface area is 433 Å². The summed E-state index contributed by atoms with van der Waals surface area (Å²) >= 11 is 1.43. The third kappa shape index (κ3) is 14.3. The summed E-state index contributed by atoms with van der Waals surface area (Å²) in [6, 6.07) is 26.5. The molecule has 1 saturated heterocycles. The number of thiophene rings is 1. The lowest BCUT2D eigenvalue weighted by atomic mass is 9.95. The van der Waals surface area contributed by atoms with Crippen molar-refractivity contribution in [3.8, 4) is 0 Å². The molecule has 5 atom stereocenters. The van der Waals surface area contributed by atoms with E-state index in [0.29, 0.717) is 40.3 Å². The second-order valence-electron chi connectivity index (χ2n) is 19.8. The SMILES string of the molecule is CCC[C@H](NC(=O)[C@H](Cc1ccc(CS(=O)(=O)O)cc1)NC(=O)c1c2ccccc2cc2ccccc12)C(=O)N1CCC[C@H]1C(=O)N[C@@H](Cc1cc2ccccc2s1)C(=O)N[C@@H](CCC(=O)O)C(=O)NC(C)(C)C. The number of amides is 6. The van der Waals surface area contributed by atoms with E-state index in [1.807, 2.05) is 91.9 Å². The van der Waals surface area contributed by atoms with Crippen molar-refractivity contribution in [2.24, 2.45) is 0 Å². The molecule has 0 saturated carbocycles. The van der Waals surface area contributed by atoms with E-state index in [9.17, 15) is 51.6 Å². The van der Waals surface area contributed by atoms with Crippen LogP contribution in [0.3, 0.4) is 0 Å². The van der Waals surface area contributed by atoms with Gasteiger partial charge in [0.2, 0.25) is 29.5 Å². The Balaban J connectivity index is 1.14. The summed E-state index contributed by atoms with van der Waals surface area (Å²) in [5, 5.41) is 27.5. The zero-order valence-corrected chi connectivity index (χ0v) is 43.3. The molecular weight excluding hydrogens is 985 g/mol. The van der Waals surface area contributed by atoms with E-state index in [2.05, 4.69) is 26.6 Å². The van der Waals surface area contributed by atoms with Gasteiger partial charge in [0.1, 0.15) is 36.0 Å². The van der Waals surface area contributed by atoms with Gasteiger partial charge in [-0.2, -0.15) is 8.42 Å². The Hall–Kier alpha value is -7.22. The summed E-state index contributed by atoms with van der Waals surface area (Å²) in [7, 11) is -4.33. The molecule has 1 aromatic heterocycles. The number of carbonyl (C=O) groups excluding carboxylic acids is 6. The lowest BCUT2D eigenvalue weighted by molar-refractivity contribution is -0.142. The quantitative estimate of drug-likeness (QED) is 0.0315. The van der Waals surface area contributed by atoms with Crippen LogP contribution in [0.2, 0.25) is 0 Å². The number of nitrogens with one attached hydrogen (secondary N) is 5. The number of nitrogens with zero attached hydrogens (tertiary/aromatic N) is 1. The van der Waals surface area contributed by atoms with Crippen molar-refractivity contribution >= 4 is 94.5 Å². The van der Waals surface area contributed by atoms with Gasteiger partial charge < -0.3 is 36.6 Å². The predicted octanol–water partition coefficient (Wildman–Crippen LogP) is 6.20. The first-order chi connectivity index (χ1) is 35.2. The molecule has 1 fully saturated rings. The molecule has 17 nitrogen and oxygen atoms in total. The summed E-state index contributed by atoms with van der Waals surface area (Å²) in [6.07, 6.45) is 0.595. The number of carboxylic acid groups (broad SMARTS) is 1. The highest BCUT2D eigenvalue weighted by Gasteiger charge is 2.40.